The Morgan fingerprint density at radius 1 is 1.22 bits per heavy atom. The minimum atomic E-state index is -3.02. The second kappa shape index (κ2) is 8.12. The highest BCUT2D eigenvalue weighted by Gasteiger charge is 2.24. The van der Waals surface area contributed by atoms with Crippen LogP contribution in [0.4, 0.5) is 0 Å². The molecule has 5 heteroatoms. The molecule has 1 aliphatic carbocycles. The quantitative estimate of drug-likeness (QED) is 0.619. The van der Waals surface area contributed by atoms with E-state index in [9.17, 15) is 8.42 Å². The van der Waals surface area contributed by atoms with Gasteiger partial charge in [0, 0.05) is 13.6 Å². The van der Waals surface area contributed by atoms with E-state index in [2.05, 4.69) is 12.2 Å². The first-order valence-corrected chi connectivity index (χ1v) is 8.82. The lowest BCUT2D eigenvalue weighted by Gasteiger charge is -2.29. The first-order chi connectivity index (χ1) is 8.56. The molecular formula is C13H28N2O2S. The van der Waals surface area contributed by atoms with E-state index in [0.717, 1.165) is 38.9 Å². The second-order valence-electron chi connectivity index (χ2n) is 5.35. The predicted octanol–water partition coefficient (Wildman–Crippen LogP) is 1.83. The van der Waals surface area contributed by atoms with E-state index in [1.807, 2.05) is 0 Å². The SMILES string of the molecule is CCCNCCCCS(=O)(=O)N(C)CC1CCC1. The molecule has 0 aromatic carbocycles. The summed E-state index contributed by atoms with van der Waals surface area (Å²) in [5.41, 5.74) is 0. The van der Waals surface area contributed by atoms with E-state index in [0.29, 0.717) is 11.7 Å². The Morgan fingerprint density at radius 3 is 2.50 bits per heavy atom. The van der Waals surface area contributed by atoms with Crippen molar-refractivity contribution in [2.45, 2.75) is 45.4 Å². The highest BCUT2D eigenvalue weighted by molar-refractivity contribution is 7.89. The molecule has 1 rings (SSSR count). The molecule has 1 fully saturated rings. The van der Waals surface area contributed by atoms with Gasteiger partial charge in [-0.3, -0.25) is 0 Å². The smallest absolute Gasteiger partial charge is 0.213 e. The topological polar surface area (TPSA) is 49.4 Å². The molecule has 1 saturated carbocycles. The van der Waals surface area contributed by atoms with Crippen LogP contribution in [0.2, 0.25) is 0 Å². The number of rotatable bonds is 10. The largest absolute Gasteiger partial charge is 0.317 e. The van der Waals surface area contributed by atoms with Gasteiger partial charge in [-0.15, -0.1) is 0 Å². The lowest BCUT2D eigenvalue weighted by Crippen LogP contribution is -2.35. The third-order valence-corrected chi connectivity index (χ3v) is 5.55. The van der Waals surface area contributed by atoms with Crippen molar-refractivity contribution in [3.05, 3.63) is 0 Å². The molecule has 0 radical (unpaired) electrons. The standard InChI is InChI=1S/C13H28N2O2S/c1-3-9-14-10-4-5-11-18(16,17)15(2)12-13-7-6-8-13/h13-14H,3-12H2,1-2H3. The average Bonchev–Trinajstić information content (AvgIpc) is 2.28. The van der Waals surface area contributed by atoms with E-state index in [1.54, 1.807) is 11.4 Å². The van der Waals surface area contributed by atoms with E-state index < -0.39 is 10.0 Å². The number of sulfonamides is 1. The summed E-state index contributed by atoms with van der Waals surface area (Å²) in [4.78, 5) is 0. The molecule has 108 valence electrons. The zero-order chi connectivity index (χ0) is 13.4. The number of nitrogens with one attached hydrogen (secondary N) is 1. The van der Waals surface area contributed by atoms with Gasteiger partial charge in [-0.1, -0.05) is 13.3 Å². The van der Waals surface area contributed by atoms with E-state index in [1.165, 1.54) is 19.3 Å². The first-order valence-electron chi connectivity index (χ1n) is 7.21. The molecule has 0 aromatic heterocycles. The van der Waals surface area contributed by atoms with Crippen LogP contribution in [0, 0.1) is 5.92 Å². The molecule has 1 N–H and O–H groups in total. The summed E-state index contributed by atoms with van der Waals surface area (Å²) in [7, 11) is -1.29. The molecule has 0 saturated heterocycles. The van der Waals surface area contributed by atoms with Gasteiger partial charge in [-0.05, 0) is 51.1 Å². The minimum absolute atomic E-state index is 0.296. The van der Waals surface area contributed by atoms with Gasteiger partial charge < -0.3 is 5.32 Å². The first kappa shape index (κ1) is 15.9. The van der Waals surface area contributed by atoms with Crippen molar-refractivity contribution < 1.29 is 8.42 Å². The molecule has 0 unspecified atom stereocenters. The van der Waals surface area contributed by atoms with Crippen LogP contribution in [0.25, 0.3) is 0 Å². The second-order valence-corrected chi connectivity index (χ2v) is 7.55. The maximum atomic E-state index is 12.0. The van der Waals surface area contributed by atoms with Gasteiger partial charge in [0.2, 0.25) is 10.0 Å². The summed E-state index contributed by atoms with van der Waals surface area (Å²) in [5.74, 6) is 0.903. The van der Waals surface area contributed by atoms with Crippen LogP contribution in [-0.4, -0.2) is 45.2 Å². The van der Waals surface area contributed by atoms with Crippen molar-refractivity contribution >= 4 is 10.0 Å². The Kier molecular flexibility index (Phi) is 7.19. The Labute approximate surface area is 112 Å². The van der Waals surface area contributed by atoms with Gasteiger partial charge in [-0.25, -0.2) is 12.7 Å². The zero-order valence-electron chi connectivity index (χ0n) is 11.8. The normalized spacial score (nSPS) is 17.1. The van der Waals surface area contributed by atoms with Gasteiger partial charge >= 0.3 is 0 Å². The third kappa shape index (κ3) is 5.67. The molecule has 0 aromatic rings. The fourth-order valence-corrected chi connectivity index (χ4v) is 3.46. The third-order valence-electron chi connectivity index (χ3n) is 3.65. The van der Waals surface area contributed by atoms with Gasteiger partial charge in [-0.2, -0.15) is 0 Å². The van der Waals surface area contributed by atoms with Crippen LogP contribution in [-0.2, 0) is 10.0 Å². The maximum absolute atomic E-state index is 12.0. The molecule has 0 bridgehead atoms. The van der Waals surface area contributed by atoms with E-state index >= 15 is 0 Å². The Balaban J connectivity index is 2.13. The number of hydrogen-bond acceptors (Lipinski definition) is 3. The van der Waals surface area contributed by atoms with Crippen LogP contribution in [0.1, 0.15) is 45.4 Å². The summed E-state index contributed by atoms with van der Waals surface area (Å²) >= 11 is 0. The summed E-state index contributed by atoms with van der Waals surface area (Å²) in [6.45, 7) is 4.80. The molecule has 0 amide bonds. The number of unbranched alkanes of at least 4 members (excludes halogenated alkanes) is 1. The monoisotopic (exact) mass is 276 g/mol. The maximum Gasteiger partial charge on any atom is 0.213 e. The van der Waals surface area contributed by atoms with Crippen molar-refractivity contribution in [2.75, 3.05) is 32.4 Å². The van der Waals surface area contributed by atoms with E-state index in [4.69, 9.17) is 0 Å². The Hall–Kier alpha value is -0.130. The molecular weight excluding hydrogens is 248 g/mol. The van der Waals surface area contributed by atoms with Crippen LogP contribution < -0.4 is 5.32 Å². The fourth-order valence-electron chi connectivity index (χ4n) is 2.14. The molecule has 0 heterocycles. The highest BCUT2D eigenvalue weighted by atomic mass is 32.2. The summed E-state index contributed by atoms with van der Waals surface area (Å²) in [6.07, 6.45) is 6.48. The van der Waals surface area contributed by atoms with Crippen molar-refractivity contribution in [3.63, 3.8) is 0 Å². The van der Waals surface area contributed by atoms with Crippen LogP contribution in [0.5, 0.6) is 0 Å². The van der Waals surface area contributed by atoms with Gasteiger partial charge in [0.05, 0.1) is 5.75 Å². The minimum Gasteiger partial charge on any atom is -0.317 e. The van der Waals surface area contributed by atoms with Gasteiger partial charge in [0.25, 0.3) is 0 Å². The van der Waals surface area contributed by atoms with Crippen molar-refractivity contribution in [2.24, 2.45) is 5.92 Å². The van der Waals surface area contributed by atoms with Crippen molar-refractivity contribution in [1.82, 2.24) is 9.62 Å². The zero-order valence-corrected chi connectivity index (χ0v) is 12.6. The number of hydrogen-bond donors (Lipinski definition) is 1. The lowest BCUT2D eigenvalue weighted by molar-refractivity contribution is 0.263. The van der Waals surface area contributed by atoms with Crippen LogP contribution >= 0.6 is 0 Å². The van der Waals surface area contributed by atoms with Crippen molar-refractivity contribution in [1.29, 1.82) is 0 Å². The predicted molar refractivity (Wildman–Crippen MR) is 76.2 cm³/mol. The molecule has 0 spiro atoms. The summed E-state index contributed by atoms with van der Waals surface area (Å²) in [6, 6.07) is 0. The van der Waals surface area contributed by atoms with Gasteiger partial charge in [0.1, 0.15) is 0 Å². The van der Waals surface area contributed by atoms with E-state index in [-0.39, 0.29) is 0 Å². The fraction of sp³-hybridized carbons (Fsp3) is 1.00. The van der Waals surface area contributed by atoms with Gasteiger partial charge in [0.15, 0.2) is 0 Å². The molecule has 4 nitrogen and oxygen atoms in total. The highest BCUT2D eigenvalue weighted by Crippen LogP contribution is 2.27. The number of nitrogens with zero attached hydrogens (tertiary/aromatic N) is 1. The van der Waals surface area contributed by atoms with Crippen LogP contribution in [0.15, 0.2) is 0 Å². The molecule has 0 aliphatic heterocycles. The molecule has 0 atom stereocenters. The van der Waals surface area contributed by atoms with Crippen LogP contribution in [0.3, 0.4) is 0 Å². The van der Waals surface area contributed by atoms with Crippen molar-refractivity contribution in [3.8, 4) is 0 Å². The Morgan fingerprint density at radius 2 is 1.94 bits per heavy atom. The lowest BCUT2D eigenvalue weighted by atomic mass is 9.86. The Bertz CT molecular complexity index is 313. The summed E-state index contributed by atoms with van der Waals surface area (Å²) in [5, 5.41) is 3.29. The molecule has 1 aliphatic rings. The summed E-state index contributed by atoms with van der Waals surface area (Å²) < 4.78 is 25.6. The average molecular weight is 276 g/mol. The molecule has 18 heavy (non-hydrogen) atoms.